The molecule has 0 unspecified atom stereocenters. The third-order valence-corrected chi connectivity index (χ3v) is 1.94. The van der Waals surface area contributed by atoms with Gasteiger partial charge in [-0.3, -0.25) is 0 Å². The molecule has 3 heteroatoms. The van der Waals surface area contributed by atoms with Crippen molar-refractivity contribution in [3.05, 3.63) is 23.9 Å². The summed E-state index contributed by atoms with van der Waals surface area (Å²) >= 11 is 0. The summed E-state index contributed by atoms with van der Waals surface area (Å²) in [6, 6.07) is 3.97. The number of hydrogen-bond acceptors (Lipinski definition) is 3. The minimum atomic E-state index is 0.535. The number of nitrogens with zero attached hydrogens (tertiary/aromatic N) is 1. The molecular formula is C12H20N2O. The number of ether oxygens (including phenoxy) is 1. The van der Waals surface area contributed by atoms with E-state index in [1.165, 1.54) is 5.56 Å². The summed E-state index contributed by atoms with van der Waals surface area (Å²) in [5, 5.41) is 3.25. The predicted molar refractivity (Wildman–Crippen MR) is 62.0 cm³/mol. The Bertz CT molecular complexity index is 269. The molecule has 0 aliphatic carbocycles. The summed E-state index contributed by atoms with van der Waals surface area (Å²) in [5.41, 5.74) is 1.19. The number of nitrogens with one attached hydrogen (secondary N) is 1. The maximum atomic E-state index is 5.50. The number of pyridine rings is 1. The van der Waals surface area contributed by atoms with E-state index in [1.807, 2.05) is 18.3 Å². The Labute approximate surface area is 91.9 Å². The monoisotopic (exact) mass is 208 g/mol. The smallest absolute Gasteiger partial charge is 0.213 e. The van der Waals surface area contributed by atoms with Crippen molar-refractivity contribution in [3.63, 3.8) is 0 Å². The standard InChI is InChI=1S/C12H20N2O/c1-4-13-7-11-5-6-12(14-8-11)15-9-10(2)3/h5-6,8,10,13H,4,7,9H2,1-3H3. The zero-order chi connectivity index (χ0) is 11.1. The van der Waals surface area contributed by atoms with Gasteiger partial charge in [-0.1, -0.05) is 26.8 Å². The lowest BCUT2D eigenvalue weighted by molar-refractivity contribution is 0.261. The fourth-order valence-corrected chi connectivity index (χ4v) is 1.12. The van der Waals surface area contributed by atoms with Crippen molar-refractivity contribution in [3.8, 4) is 5.88 Å². The molecular weight excluding hydrogens is 188 g/mol. The van der Waals surface area contributed by atoms with Crippen molar-refractivity contribution in [1.82, 2.24) is 10.3 Å². The van der Waals surface area contributed by atoms with E-state index >= 15 is 0 Å². The van der Waals surface area contributed by atoms with Crippen LogP contribution in [0.3, 0.4) is 0 Å². The van der Waals surface area contributed by atoms with E-state index in [1.54, 1.807) is 0 Å². The maximum absolute atomic E-state index is 5.50. The summed E-state index contributed by atoms with van der Waals surface area (Å²) in [7, 11) is 0. The van der Waals surface area contributed by atoms with Gasteiger partial charge >= 0.3 is 0 Å². The van der Waals surface area contributed by atoms with Crippen LogP contribution in [0.25, 0.3) is 0 Å². The van der Waals surface area contributed by atoms with Crippen LogP contribution in [0.5, 0.6) is 5.88 Å². The molecule has 0 aliphatic heterocycles. The molecule has 0 radical (unpaired) electrons. The first-order valence-corrected chi connectivity index (χ1v) is 5.50. The zero-order valence-electron chi connectivity index (χ0n) is 9.79. The maximum Gasteiger partial charge on any atom is 0.213 e. The van der Waals surface area contributed by atoms with E-state index < -0.39 is 0 Å². The summed E-state index contributed by atoms with van der Waals surface area (Å²) < 4.78 is 5.50. The molecule has 1 N–H and O–H groups in total. The molecule has 15 heavy (non-hydrogen) atoms. The molecule has 1 aromatic rings. The third kappa shape index (κ3) is 4.79. The van der Waals surface area contributed by atoms with Gasteiger partial charge in [0, 0.05) is 18.8 Å². The highest BCUT2D eigenvalue weighted by Crippen LogP contribution is 2.08. The molecule has 0 aliphatic rings. The lowest BCUT2D eigenvalue weighted by atomic mass is 10.2. The van der Waals surface area contributed by atoms with Crippen LogP contribution < -0.4 is 10.1 Å². The predicted octanol–water partition coefficient (Wildman–Crippen LogP) is 2.23. The van der Waals surface area contributed by atoms with Crippen molar-refractivity contribution in [2.75, 3.05) is 13.2 Å². The molecule has 84 valence electrons. The van der Waals surface area contributed by atoms with Crippen molar-refractivity contribution in [2.24, 2.45) is 5.92 Å². The molecule has 0 amide bonds. The van der Waals surface area contributed by atoms with Crippen molar-refractivity contribution >= 4 is 0 Å². The Kier molecular flexibility index (Phi) is 5.12. The molecule has 1 aromatic heterocycles. The average molecular weight is 208 g/mol. The number of hydrogen-bond donors (Lipinski definition) is 1. The highest BCUT2D eigenvalue weighted by atomic mass is 16.5. The van der Waals surface area contributed by atoms with Gasteiger partial charge in [0.2, 0.25) is 5.88 Å². The molecule has 0 atom stereocenters. The lowest BCUT2D eigenvalue weighted by Gasteiger charge is -2.08. The first kappa shape index (κ1) is 12.0. The minimum Gasteiger partial charge on any atom is -0.477 e. The summed E-state index contributed by atoms with van der Waals surface area (Å²) in [6.45, 7) is 8.91. The molecule has 1 rings (SSSR count). The summed E-state index contributed by atoms with van der Waals surface area (Å²) in [4.78, 5) is 4.24. The van der Waals surface area contributed by atoms with E-state index in [2.05, 4.69) is 31.1 Å². The summed E-state index contributed by atoms with van der Waals surface area (Å²) in [5.74, 6) is 1.25. The van der Waals surface area contributed by atoms with Crippen LogP contribution in [0.1, 0.15) is 26.3 Å². The Morgan fingerprint density at radius 1 is 1.40 bits per heavy atom. The summed E-state index contributed by atoms with van der Waals surface area (Å²) in [6.07, 6.45) is 1.86. The van der Waals surface area contributed by atoms with E-state index in [0.29, 0.717) is 11.8 Å². The molecule has 0 aromatic carbocycles. The average Bonchev–Trinajstić information content (AvgIpc) is 2.25. The van der Waals surface area contributed by atoms with Crippen LogP contribution in [-0.2, 0) is 6.54 Å². The van der Waals surface area contributed by atoms with Crippen molar-refractivity contribution in [1.29, 1.82) is 0 Å². The third-order valence-electron chi connectivity index (χ3n) is 1.94. The van der Waals surface area contributed by atoms with Crippen LogP contribution in [0.15, 0.2) is 18.3 Å². The number of aromatic nitrogens is 1. The van der Waals surface area contributed by atoms with E-state index in [9.17, 15) is 0 Å². The van der Waals surface area contributed by atoms with Gasteiger partial charge in [0.25, 0.3) is 0 Å². The Balaban J connectivity index is 2.41. The minimum absolute atomic E-state index is 0.535. The molecule has 3 nitrogen and oxygen atoms in total. The second kappa shape index (κ2) is 6.40. The largest absolute Gasteiger partial charge is 0.477 e. The fraction of sp³-hybridized carbons (Fsp3) is 0.583. The zero-order valence-corrected chi connectivity index (χ0v) is 9.79. The van der Waals surface area contributed by atoms with Crippen molar-refractivity contribution < 1.29 is 4.74 Å². The molecule has 0 saturated heterocycles. The van der Waals surface area contributed by atoms with Gasteiger partial charge in [0.1, 0.15) is 0 Å². The quantitative estimate of drug-likeness (QED) is 0.778. The van der Waals surface area contributed by atoms with Gasteiger partial charge in [0.15, 0.2) is 0 Å². The highest BCUT2D eigenvalue weighted by Gasteiger charge is 1.98. The highest BCUT2D eigenvalue weighted by molar-refractivity contribution is 5.17. The molecule has 0 saturated carbocycles. The first-order valence-electron chi connectivity index (χ1n) is 5.50. The van der Waals surface area contributed by atoms with Crippen LogP contribution in [0, 0.1) is 5.92 Å². The SMILES string of the molecule is CCNCc1ccc(OCC(C)C)nc1. The van der Waals surface area contributed by atoms with Gasteiger partial charge in [0.05, 0.1) is 6.61 Å². The first-order chi connectivity index (χ1) is 7.22. The van der Waals surface area contributed by atoms with Crippen molar-refractivity contribution in [2.45, 2.75) is 27.3 Å². The number of rotatable bonds is 6. The molecule has 1 heterocycles. The molecule has 0 bridgehead atoms. The van der Waals surface area contributed by atoms with Gasteiger partial charge in [-0.25, -0.2) is 4.98 Å². The van der Waals surface area contributed by atoms with Crippen LogP contribution in [0.2, 0.25) is 0 Å². The van der Waals surface area contributed by atoms with E-state index in [0.717, 1.165) is 19.7 Å². The van der Waals surface area contributed by atoms with E-state index in [4.69, 9.17) is 4.74 Å². The van der Waals surface area contributed by atoms with Crippen LogP contribution in [-0.4, -0.2) is 18.1 Å². The van der Waals surface area contributed by atoms with Gasteiger partial charge in [-0.2, -0.15) is 0 Å². The topological polar surface area (TPSA) is 34.1 Å². The molecule has 0 fully saturated rings. The molecule has 0 spiro atoms. The lowest BCUT2D eigenvalue weighted by Crippen LogP contribution is -2.12. The normalized spacial score (nSPS) is 10.7. The van der Waals surface area contributed by atoms with Gasteiger partial charge in [-0.05, 0) is 18.0 Å². The van der Waals surface area contributed by atoms with Crippen LogP contribution >= 0.6 is 0 Å². The van der Waals surface area contributed by atoms with E-state index in [-0.39, 0.29) is 0 Å². The van der Waals surface area contributed by atoms with Gasteiger partial charge in [-0.15, -0.1) is 0 Å². The second-order valence-corrected chi connectivity index (χ2v) is 3.99. The Hall–Kier alpha value is -1.09. The Morgan fingerprint density at radius 2 is 2.20 bits per heavy atom. The van der Waals surface area contributed by atoms with Crippen LogP contribution in [0.4, 0.5) is 0 Å². The fourth-order valence-electron chi connectivity index (χ4n) is 1.12. The Morgan fingerprint density at radius 3 is 2.73 bits per heavy atom. The van der Waals surface area contributed by atoms with Gasteiger partial charge < -0.3 is 10.1 Å². The second-order valence-electron chi connectivity index (χ2n) is 3.99.